The van der Waals surface area contributed by atoms with E-state index in [4.69, 9.17) is 5.26 Å². The molecule has 2 rings (SSSR count). The standard InChI is InChI=1S/C18H14F3N3O2/c1-11(8-12(2)25)23-24-16(13-6-4-3-5-7-13)9-15(18(19,20)21)14(10-22)17(24)26/h3-7,9H,8H2,1-2H3/b23-11+. The third-order valence-electron chi connectivity index (χ3n) is 3.45. The number of benzene rings is 1. The fraction of sp³-hybridized carbons (Fsp3) is 0.222. The van der Waals surface area contributed by atoms with Crippen molar-refractivity contribution in [2.45, 2.75) is 26.4 Å². The van der Waals surface area contributed by atoms with Gasteiger partial charge in [0, 0.05) is 17.7 Å². The van der Waals surface area contributed by atoms with Crippen molar-refractivity contribution >= 4 is 11.5 Å². The van der Waals surface area contributed by atoms with E-state index in [1.807, 2.05) is 0 Å². The highest BCUT2D eigenvalue weighted by molar-refractivity contribution is 5.99. The Morgan fingerprint density at radius 2 is 1.85 bits per heavy atom. The minimum atomic E-state index is -4.87. The zero-order valence-corrected chi connectivity index (χ0v) is 14.0. The minimum absolute atomic E-state index is 0.0659. The maximum absolute atomic E-state index is 13.3. The Kier molecular flexibility index (Phi) is 5.41. The summed E-state index contributed by atoms with van der Waals surface area (Å²) in [5.74, 6) is -0.215. The number of ketones is 1. The first-order chi connectivity index (χ1) is 12.1. The SMILES string of the molecule is CC(=O)C/C(C)=N/n1c(-c2ccccc2)cc(C(F)(F)F)c(C#N)c1=O. The molecule has 0 amide bonds. The second-order valence-electron chi connectivity index (χ2n) is 5.62. The van der Waals surface area contributed by atoms with Crippen molar-refractivity contribution in [2.24, 2.45) is 5.10 Å². The van der Waals surface area contributed by atoms with Gasteiger partial charge in [0.05, 0.1) is 11.3 Å². The van der Waals surface area contributed by atoms with Crippen molar-refractivity contribution < 1.29 is 18.0 Å². The Morgan fingerprint density at radius 1 is 1.23 bits per heavy atom. The van der Waals surface area contributed by atoms with E-state index < -0.39 is 22.9 Å². The average Bonchev–Trinajstić information content (AvgIpc) is 2.55. The quantitative estimate of drug-likeness (QED) is 0.781. The van der Waals surface area contributed by atoms with Crippen LogP contribution in [-0.2, 0) is 11.0 Å². The van der Waals surface area contributed by atoms with Crippen LogP contribution >= 0.6 is 0 Å². The van der Waals surface area contributed by atoms with Crippen LogP contribution < -0.4 is 5.56 Å². The van der Waals surface area contributed by atoms with Crippen molar-refractivity contribution in [1.82, 2.24) is 4.68 Å². The molecule has 0 N–H and O–H groups in total. The van der Waals surface area contributed by atoms with E-state index in [9.17, 15) is 22.8 Å². The Morgan fingerprint density at radius 3 is 2.35 bits per heavy atom. The molecule has 26 heavy (non-hydrogen) atoms. The Bertz CT molecular complexity index is 968. The third kappa shape index (κ3) is 4.06. The molecule has 0 aliphatic heterocycles. The fourth-order valence-corrected chi connectivity index (χ4v) is 2.41. The van der Waals surface area contributed by atoms with Gasteiger partial charge in [0.2, 0.25) is 0 Å². The van der Waals surface area contributed by atoms with Crippen LogP contribution in [0.25, 0.3) is 11.3 Å². The highest BCUT2D eigenvalue weighted by Gasteiger charge is 2.36. The van der Waals surface area contributed by atoms with Crippen molar-refractivity contribution in [3.63, 3.8) is 0 Å². The largest absolute Gasteiger partial charge is 0.417 e. The van der Waals surface area contributed by atoms with Gasteiger partial charge in [-0.3, -0.25) is 9.59 Å². The zero-order chi connectivity index (χ0) is 19.5. The number of hydrogen-bond donors (Lipinski definition) is 0. The summed E-state index contributed by atoms with van der Waals surface area (Å²) in [5.41, 5.74) is -3.12. The molecule has 134 valence electrons. The zero-order valence-electron chi connectivity index (χ0n) is 14.0. The molecule has 2 aromatic rings. The molecule has 0 unspecified atom stereocenters. The monoisotopic (exact) mass is 361 g/mol. The molecule has 0 spiro atoms. The molecule has 0 aliphatic rings. The van der Waals surface area contributed by atoms with Crippen LogP contribution in [0.15, 0.2) is 46.3 Å². The Hall–Kier alpha value is -3.21. The summed E-state index contributed by atoms with van der Waals surface area (Å²) in [7, 11) is 0. The number of pyridine rings is 1. The predicted molar refractivity (Wildman–Crippen MR) is 89.7 cm³/mol. The first-order valence-electron chi connectivity index (χ1n) is 7.51. The molecular weight excluding hydrogens is 347 g/mol. The number of halogens is 3. The lowest BCUT2D eigenvalue weighted by Crippen LogP contribution is -2.26. The van der Waals surface area contributed by atoms with Crippen LogP contribution in [-0.4, -0.2) is 16.2 Å². The van der Waals surface area contributed by atoms with Gasteiger partial charge in [-0.05, 0) is 19.9 Å². The van der Waals surface area contributed by atoms with E-state index >= 15 is 0 Å². The van der Waals surface area contributed by atoms with Gasteiger partial charge in [0.1, 0.15) is 17.4 Å². The van der Waals surface area contributed by atoms with Gasteiger partial charge >= 0.3 is 6.18 Å². The molecule has 0 saturated heterocycles. The summed E-state index contributed by atoms with van der Waals surface area (Å²) in [6, 6.07) is 9.95. The second-order valence-corrected chi connectivity index (χ2v) is 5.62. The summed E-state index contributed by atoms with van der Waals surface area (Å²) >= 11 is 0. The topological polar surface area (TPSA) is 75.2 Å². The predicted octanol–water partition coefficient (Wildman–Crippen LogP) is 3.61. The van der Waals surface area contributed by atoms with E-state index in [0.717, 1.165) is 10.7 Å². The number of nitrogens with zero attached hydrogens (tertiary/aromatic N) is 3. The number of hydrogen-bond acceptors (Lipinski definition) is 4. The third-order valence-corrected chi connectivity index (χ3v) is 3.45. The van der Waals surface area contributed by atoms with Crippen molar-refractivity contribution in [1.29, 1.82) is 5.26 Å². The van der Waals surface area contributed by atoms with Crippen LogP contribution in [0, 0.1) is 11.3 Å². The summed E-state index contributed by atoms with van der Waals surface area (Å²) in [6.45, 7) is 2.81. The van der Waals surface area contributed by atoms with E-state index in [2.05, 4.69) is 5.10 Å². The van der Waals surface area contributed by atoms with E-state index in [0.29, 0.717) is 5.56 Å². The minimum Gasteiger partial charge on any atom is -0.300 e. The molecule has 0 saturated carbocycles. The van der Waals surface area contributed by atoms with Crippen molar-refractivity contribution in [3.05, 3.63) is 57.9 Å². The van der Waals surface area contributed by atoms with E-state index in [-0.39, 0.29) is 23.6 Å². The Balaban J connectivity index is 2.87. The molecular formula is C18H14F3N3O2. The molecule has 0 bridgehead atoms. The number of Topliss-reactive ketones (excluding diaryl/α,β-unsaturated/α-hetero) is 1. The van der Waals surface area contributed by atoms with Crippen LogP contribution in [0.4, 0.5) is 13.2 Å². The number of aromatic nitrogens is 1. The van der Waals surface area contributed by atoms with Crippen LogP contribution in [0.5, 0.6) is 0 Å². The smallest absolute Gasteiger partial charge is 0.300 e. The van der Waals surface area contributed by atoms with Crippen molar-refractivity contribution in [2.75, 3.05) is 0 Å². The van der Waals surface area contributed by atoms with Gasteiger partial charge in [-0.1, -0.05) is 30.3 Å². The maximum atomic E-state index is 13.3. The van der Waals surface area contributed by atoms with Gasteiger partial charge < -0.3 is 0 Å². The molecule has 5 nitrogen and oxygen atoms in total. The first-order valence-corrected chi connectivity index (χ1v) is 7.51. The molecule has 0 fully saturated rings. The Labute approximate surface area is 147 Å². The summed E-state index contributed by atoms with van der Waals surface area (Å²) in [6.07, 6.45) is -4.94. The molecule has 0 aliphatic carbocycles. The molecule has 1 heterocycles. The molecule has 0 radical (unpaired) electrons. The van der Waals surface area contributed by atoms with Crippen LogP contribution in [0.2, 0.25) is 0 Å². The summed E-state index contributed by atoms with van der Waals surface area (Å²) < 4.78 is 40.6. The molecule has 1 aromatic heterocycles. The van der Waals surface area contributed by atoms with Gasteiger partial charge in [-0.15, -0.1) is 0 Å². The summed E-state index contributed by atoms with van der Waals surface area (Å²) in [5, 5.41) is 13.1. The van der Waals surface area contributed by atoms with Crippen LogP contribution in [0.3, 0.4) is 0 Å². The number of rotatable bonds is 4. The number of carbonyl (C=O) groups is 1. The normalized spacial score (nSPS) is 11.9. The number of nitriles is 1. The molecule has 1 aromatic carbocycles. The van der Waals surface area contributed by atoms with E-state index in [1.165, 1.54) is 32.0 Å². The lowest BCUT2D eigenvalue weighted by Gasteiger charge is -2.15. The lowest BCUT2D eigenvalue weighted by molar-refractivity contribution is -0.137. The van der Waals surface area contributed by atoms with E-state index in [1.54, 1.807) is 18.2 Å². The maximum Gasteiger partial charge on any atom is 0.417 e. The van der Waals surface area contributed by atoms with Crippen molar-refractivity contribution in [3.8, 4) is 17.3 Å². The van der Waals surface area contributed by atoms with Gasteiger partial charge in [0.25, 0.3) is 5.56 Å². The highest BCUT2D eigenvalue weighted by atomic mass is 19.4. The van der Waals surface area contributed by atoms with Gasteiger partial charge in [0.15, 0.2) is 0 Å². The second kappa shape index (κ2) is 7.35. The molecule has 0 atom stereocenters. The van der Waals surface area contributed by atoms with Crippen LogP contribution in [0.1, 0.15) is 31.4 Å². The molecule has 8 heteroatoms. The van der Waals surface area contributed by atoms with Gasteiger partial charge in [-0.25, -0.2) is 0 Å². The van der Waals surface area contributed by atoms with Gasteiger partial charge in [-0.2, -0.15) is 28.2 Å². The first kappa shape index (κ1) is 19.1. The average molecular weight is 361 g/mol. The number of alkyl halides is 3. The summed E-state index contributed by atoms with van der Waals surface area (Å²) in [4.78, 5) is 23.8. The lowest BCUT2D eigenvalue weighted by atomic mass is 10.0. The number of carbonyl (C=O) groups excluding carboxylic acids is 1. The fourth-order valence-electron chi connectivity index (χ4n) is 2.41. The highest BCUT2D eigenvalue weighted by Crippen LogP contribution is 2.33.